The summed E-state index contributed by atoms with van der Waals surface area (Å²) in [4.78, 5) is 0. The van der Waals surface area contributed by atoms with Gasteiger partial charge in [-0.25, -0.2) is 0 Å². The smallest absolute Gasteiger partial charge is 0.412 e. The van der Waals surface area contributed by atoms with Crippen molar-refractivity contribution in [1.82, 2.24) is 31.9 Å². The standard InChI is InChI=1S/6C5H11NS2.Mo/c6*1-2-3-4-6-5(7)8;/h6*2-4H2,1H3,(H2,6,7,8);/q;;;;;;+6/p-6. The first-order valence-electron chi connectivity index (χ1n) is 16.3. The van der Waals surface area contributed by atoms with Gasteiger partial charge in [0.25, 0.3) is 0 Å². The zero-order valence-electron chi connectivity index (χ0n) is 30.0. The molecule has 0 aromatic heterocycles. The summed E-state index contributed by atoms with van der Waals surface area (Å²) in [6.45, 7) is 18.4. The van der Waals surface area contributed by atoms with Crippen LogP contribution in [0.5, 0.6) is 0 Å². The van der Waals surface area contributed by atoms with E-state index in [-0.39, 0.29) is 21.1 Å². The molecule has 6 N–H and O–H groups in total. The van der Waals surface area contributed by atoms with Gasteiger partial charge in [-0.2, -0.15) is 0 Å². The summed E-state index contributed by atoms with van der Waals surface area (Å²) in [5, 5.41) is 17.4. The molecule has 0 unspecified atom stereocenters. The van der Waals surface area contributed by atoms with Gasteiger partial charge in [-0.1, -0.05) is 106 Å². The number of hydrogen-bond acceptors (Lipinski definition) is 12. The second-order valence-corrected chi connectivity index (χ2v) is 15.9. The molecule has 0 heterocycles. The van der Waals surface area contributed by atoms with E-state index < -0.39 is 0 Å². The summed E-state index contributed by atoms with van der Waals surface area (Å²) in [5.41, 5.74) is 0. The van der Waals surface area contributed by atoms with Crippen molar-refractivity contribution in [3.63, 3.8) is 0 Å². The molecule has 0 aliphatic carbocycles. The number of rotatable bonds is 18. The molecule has 0 aromatic rings. The average molecular weight is 986 g/mol. The van der Waals surface area contributed by atoms with Crippen molar-refractivity contribution >= 4 is 175 Å². The zero-order chi connectivity index (χ0) is 38.4. The molecule has 0 rings (SSSR count). The van der Waals surface area contributed by atoms with Gasteiger partial charge >= 0.3 is 21.1 Å². The van der Waals surface area contributed by atoms with Gasteiger partial charge in [0.05, 0.1) is 0 Å². The van der Waals surface area contributed by atoms with Crippen LogP contribution in [-0.4, -0.2) is 65.2 Å². The number of unbranched alkanes of at least 4 members (excludes halogenated alkanes) is 6. The van der Waals surface area contributed by atoms with Gasteiger partial charge in [0.2, 0.25) is 0 Å². The molecule has 0 saturated carbocycles. The molecule has 6 nitrogen and oxygen atoms in total. The molecule has 0 aliphatic rings. The molecule has 0 fully saturated rings. The molecular formula is C30H60MoN6S12. The first-order chi connectivity index (χ1) is 22.6. The quantitative estimate of drug-likeness (QED) is 0.0362. The second-order valence-electron chi connectivity index (χ2n) is 9.41. The van der Waals surface area contributed by atoms with Crippen LogP contribution < -0.4 is 31.9 Å². The van der Waals surface area contributed by atoms with Crippen LogP contribution in [0, 0.1) is 0 Å². The van der Waals surface area contributed by atoms with Crippen LogP contribution in [0.25, 0.3) is 0 Å². The Labute approximate surface area is 381 Å². The molecule has 0 aliphatic heterocycles. The average Bonchev–Trinajstić information content (AvgIpc) is 2.99. The summed E-state index contributed by atoms with van der Waals surface area (Å²) in [5.74, 6) is 0. The number of thiocarbonyl (C=S) groups is 6. The fourth-order valence-corrected chi connectivity index (χ4v) is 3.43. The molecule has 0 aromatic carbocycles. The van der Waals surface area contributed by atoms with Gasteiger partial charge in [0, 0.05) is 39.3 Å². The maximum atomic E-state index is 4.61. The molecule has 0 saturated heterocycles. The Balaban J connectivity index is -0.0000000860. The third kappa shape index (κ3) is 113. The van der Waals surface area contributed by atoms with Crippen molar-refractivity contribution in [3.8, 4) is 0 Å². The maximum Gasteiger partial charge on any atom is 6.00 e. The molecule has 19 heteroatoms. The van der Waals surface area contributed by atoms with E-state index in [1.165, 1.54) is 38.5 Å². The minimum absolute atomic E-state index is 0. The predicted octanol–water partition coefficient (Wildman–Crippen LogP) is 7.24. The van der Waals surface area contributed by atoms with Crippen LogP contribution in [0.15, 0.2) is 0 Å². The summed E-state index contributed by atoms with van der Waals surface area (Å²) in [7, 11) is 0. The minimum atomic E-state index is 0. The molecule has 49 heavy (non-hydrogen) atoms. The molecule has 288 valence electrons. The van der Waals surface area contributed by atoms with E-state index in [2.05, 4.69) is 223 Å². The Kier molecular flexibility index (Phi) is 81.7. The van der Waals surface area contributed by atoms with Crippen LogP contribution >= 0.6 is 73.3 Å². The SMILES string of the molecule is CCCCNC(=S)[S-].CCCCNC(=S)[S-].CCCCNC(=S)[S-].CCCCNC(=S)[S-].CCCCNC(=S)[S-].CCCCNC(=S)[S-].[Mo+6]. The normalized spacial score (nSPS) is 8.45. The first kappa shape index (κ1) is 65.3. The Bertz CT molecular complexity index is 599. The van der Waals surface area contributed by atoms with Crippen LogP contribution in [0.1, 0.15) is 119 Å². The zero-order valence-corrected chi connectivity index (χ0v) is 41.8. The second kappa shape index (κ2) is 61.4. The van der Waals surface area contributed by atoms with Crippen LogP contribution in [-0.2, 0) is 96.8 Å². The number of nitrogens with one attached hydrogen (secondary N) is 6. The minimum Gasteiger partial charge on any atom is -0.412 e. The van der Waals surface area contributed by atoms with Crippen LogP contribution in [0.2, 0.25) is 0 Å². The Morgan fingerprint density at radius 3 is 0.469 bits per heavy atom. The maximum absolute atomic E-state index is 4.61. The molecule has 0 bridgehead atoms. The van der Waals surface area contributed by atoms with Gasteiger partial charge < -0.3 is 181 Å². The van der Waals surface area contributed by atoms with E-state index in [1.807, 2.05) is 0 Å². The molecule has 0 radical (unpaired) electrons. The van der Waals surface area contributed by atoms with Crippen molar-refractivity contribution < 1.29 is 21.1 Å². The monoisotopic (exact) mass is 986 g/mol. The summed E-state index contributed by atoms with van der Waals surface area (Å²) in [6.07, 6.45) is 14.0. The van der Waals surface area contributed by atoms with Gasteiger partial charge in [-0.15, -0.1) is 0 Å². The van der Waals surface area contributed by atoms with Crippen molar-refractivity contribution in [2.45, 2.75) is 119 Å². The number of hydrogen-bond donors (Lipinski definition) is 6. The van der Waals surface area contributed by atoms with Crippen molar-refractivity contribution in [3.05, 3.63) is 0 Å². The summed E-state index contributed by atoms with van der Waals surface area (Å²) < 4.78 is 2.91. The van der Waals surface area contributed by atoms with E-state index in [4.69, 9.17) is 0 Å². The molecule has 0 amide bonds. The largest absolute Gasteiger partial charge is 6.00 e. The van der Waals surface area contributed by atoms with E-state index in [0.717, 1.165) is 77.8 Å². The van der Waals surface area contributed by atoms with Gasteiger partial charge in [-0.3, -0.25) is 0 Å². The van der Waals surface area contributed by atoms with Gasteiger partial charge in [-0.05, 0) is 38.5 Å². The van der Waals surface area contributed by atoms with Crippen molar-refractivity contribution in [2.24, 2.45) is 0 Å². The Hall–Kier alpha value is 1.35. The van der Waals surface area contributed by atoms with Crippen LogP contribution in [0.3, 0.4) is 0 Å². The molecule has 0 spiro atoms. The van der Waals surface area contributed by atoms with E-state index >= 15 is 0 Å². The van der Waals surface area contributed by atoms with Crippen molar-refractivity contribution in [2.75, 3.05) is 39.3 Å². The Morgan fingerprint density at radius 2 is 0.408 bits per heavy atom. The van der Waals surface area contributed by atoms with Crippen molar-refractivity contribution in [1.29, 1.82) is 0 Å². The topological polar surface area (TPSA) is 72.2 Å². The summed E-state index contributed by atoms with van der Waals surface area (Å²) >= 11 is 55.4. The summed E-state index contributed by atoms with van der Waals surface area (Å²) in [6, 6.07) is 0. The van der Waals surface area contributed by atoms with Crippen LogP contribution in [0.4, 0.5) is 0 Å². The predicted molar refractivity (Wildman–Crippen MR) is 257 cm³/mol. The van der Waals surface area contributed by atoms with E-state index in [0.29, 0.717) is 25.9 Å². The third-order valence-corrected chi connectivity index (χ3v) is 6.53. The molecule has 0 atom stereocenters. The first-order valence-corrected chi connectivity index (χ1v) is 21.2. The Morgan fingerprint density at radius 1 is 0.306 bits per heavy atom. The van der Waals surface area contributed by atoms with E-state index in [9.17, 15) is 0 Å². The molecular weight excluding hydrogens is 925 g/mol. The fraction of sp³-hybridized carbons (Fsp3) is 0.800. The van der Waals surface area contributed by atoms with E-state index in [1.54, 1.807) is 0 Å². The fourth-order valence-electron chi connectivity index (χ4n) is 2.20. The van der Waals surface area contributed by atoms with Gasteiger partial charge in [0.1, 0.15) is 0 Å². The van der Waals surface area contributed by atoms with Gasteiger partial charge in [0.15, 0.2) is 0 Å². The third-order valence-electron chi connectivity index (χ3n) is 4.80.